The quantitative estimate of drug-likeness (QED) is 0.507. The number of fused-ring (bicyclic) bond motifs is 1. The van der Waals surface area contributed by atoms with Gasteiger partial charge < -0.3 is 5.11 Å². The van der Waals surface area contributed by atoms with Gasteiger partial charge in [-0.1, -0.05) is 61.5 Å². The number of aromatic nitrogens is 3. The van der Waals surface area contributed by atoms with Gasteiger partial charge in [-0.25, -0.2) is 0 Å². The van der Waals surface area contributed by atoms with Crippen molar-refractivity contribution in [2.75, 3.05) is 0 Å². The van der Waals surface area contributed by atoms with E-state index in [0.717, 1.165) is 18.4 Å². The zero-order valence-electron chi connectivity index (χ0n) is 15.6. The van der Waals surface area contributed by atoms with Crippen molar-refractivity contribution in [2.45, 2.75) is 50.1 Å². The number of benzene rings is 2. The summed E-state index contributed by atoms with van der Waals surface area (Å²) in [6, 6.07) is 12.7. The van der Waals surface area contributed by atoms with Gasteiger partial charge in [-0.3, -0.25) is 9.36 Å². The van der Waals surface area contributed by atoms with Crippen LogP contribution in [0.2, 0.25) is 0 Å². The van der Waals surface area contributed by atoms with E-state index in [1.165, 1.54) is 28.1 Å². The molecule has 0 atom stereocenters. The number of halogens is 1. The van der Waals surface area contributed by atoms with E-state index in [0.29, 0.717) is 16.4 Å². The van der Waals surface area contributed by atoms with Crippen molar-refractivity contribution in [3.05, 3.63) is 52.3 Å². The third-order valence-corrected chi connectivity index (χ3v) is 6.24. The zero-order valence-corrected chi connectivity index (χ0v) is 18.0. The van der Waals surface area contributed by atoms with Crippen molar-refractivity contribution < 1.29 is 9.90 Å². The average molecular weight is 448 g/mol. The first kappa shape index (κ1) is 19.9. The monoisotopic (exact) mass is 447 g/mol. The topological polar surface area (TPSA) is 68.0 Å². The second-order valence-electron chi connectivity index (χ2n) is 6.93. The van der Waals surface area contributed by atoms with Gasteiger partial charge >= 0.3 is 5.97 Å². The minimum atomic E-state index is -0.989. The van der Waals surface area contributed by atoms with Crippen molar-refractivity contribution in [1.82, 2.24) is 14.8 Å². The lowest BCUT2D eigenvalue weighted by molar-refractivity contribution is -0.138. The van der Waals surface area contributed by atoms with Crippen molar-refractivity contribution in [2.24, 2.45) is 0 Å². The number of aryl methyl sites for hydroxylation is 1. The number of aliphatic carboxylic acids is 1. The molecule has 0 saturated carbocycles. The first-order valence-electron chi connectivity index (χ1n) is 8.84. The van der Waals surface area contributed by atoms with Crippen LogP contribution in [-0.4, -0.2) is 30.6 Å². The molecule has 1 heterocycles. The maximum absolute atomic E-state index is 11.5. The lowest BCUT2D eigenvalue weighted by Gasteiger charge is -2.18. The fraction of sp³-hybridized carbons (Fsp3) is 0.350. The summed E-state index contributed by atoms with van der Waals surface area (Å²) in [5.41, 5.74) is 2.50. The molecule has 0 radical (unpaired) electrons. The largest absolute Gasteiger partial charge is 0.480 e. The summed E-state index contributed by atoms with van der Waals surface area (Å²) in [6.45, 7) is 6.09. The third kappa shape index (κ3) is 4.19. The molecule has 0 spiro atoms. The van der Waals surface area contributed by atoms with E-state index in [-0.39, 0.29) is 0 Å². The second kappa shape index (κ2) is 8.02. The van der Waals surface area contributed by atoms with E-state index in [1.54, 1.807) is 13.8 Å². The number of thioether (sulfide) groups is 1. The molecule has 0 aliphatic carbocycles. The van der Waals surface area contributed by atoms with Gasteiger partial charge in [0.2, 0.25) is 4.73 Å². The molecule has 0 aliphatic rings. The summed E-state index contributed by atoms with van der Waals surface area (Å²) < 4.78 is 1.52. The molecule has 7 heteroatoms. The third-order valence-electron chi connectivity index (χ3n) is 4.49. The molecule has 27 heavy (non-hydrogen) atoms. The molecule has 5 nitrogen and oxygen atoms in total. The normalized spacial score (nSPS) is 11.9. The first-order valence-corrected chi connectivity index (χ1v) is 10.4. The van der Waals surface area contributed by atoms with Gasteiger partial charge in [-0.05, 0) is 58.1 Å². The van der Waals surface area contributed by atoms with Crippen molar-refractivity contribution >= 4 is 44.4 Å². The highest BCUT2D eigenvalue weighted by Crippen LogP contribution is 2.34. The Kier molecular flexibility index (Phi) is 5.91. The zero-order chi connectivity index (χ0) is 19.6. The maximum atomic E-state index is 11.5. The minimum Gasteiger partial charge on any atom is -0.480 e. The van der Waals surface area contributed by atoms with Gasteiger partial charge in [0.15, 0.2) is 5.16 Å². The lowest BCUT2D eigenvalue weighted by atomic mass is 9.97. The van der Waals surface area contributed by atoms with Crippen LogP contribution in [0.25, 0.3) is 10.8 Å². The number of carboxylic acids is 1. The van der Waals surface area contributed by atoms with Crippen LogP contribution < -0.4 is 0 Å². The molecule has 1 N–H and O–H groups in total. The Morgan fingerprint density at radius 1 is 1.15 bits per heavy atom. The smallest absolute Gasteiger partial charge is 0.319 e. The van der Waals surface area contributed by atoms with Crippen molar-refractivity contribution in [1.29, 1.82) is 0 Å². The molecular formula is C20H22BrN3O2S. The molecule has 3 rings (SSSR count). The summed E-state index contributed by atoms with van der Waals surface area (Å²) in [6.07, 6.45) is 2.15. The number of carbonyl (C=O) groups is 1. The molecule has 0 amide bonds. The Labute approximate surface area is 171 Å². The van der Waals surface area contributed by atoms with Crippen LogP contribution >= 0.6 is 27.7 Å². The Morgan fingerprint density at radius 2 is 1.78 bits per heavy atom. The van der Waals surface area contributed by atoms with Crippen LogP contribution in [0.5, 0.6) is 0 Å². The number of hydrogen-bond acceptors (Lipinski definition) is 4. The van der Waals surface area contributed by atoms with Crippen LogP contribution in [0.3, 0.4) is 0 Å². The molecule has 0 aliphatic heterocycles. The number of nitrogens with zero attached hydrogens (tertiary/aromatic N) is 3. The summed E-state index contributed by atoms with van der Waals surface area (Å²) in [5, 5.41) is 20.7. The fourth-order valence-corrected chi connectivity index (χ4v) is 4.35. The molecule has 0 saturated heterocycles. The van der Waals surface area contributed by atoms with Crippen LogP contribution in [0, 0.1) is 0 Å². The summed E-state index contributed by atoms with van der Waals surface area (Å²) in [5.74, 6) is -0.882. The second-order valence-corrected chi connectivity index (χ2v) is 9.23. The van der Waals surface area contributed by atoms with Crippen LogP contribution in [0.1, 0.15) is 38.3 Å². The highest BCUT2D eigenvalue weighted by Gasteiger charge is 2.31. The Bertz CT molecular complexity index is 985. The van der Waals surface area contributed by atoms with Gasteiger partial charge in [0, 0.05) is 0 Å². The Morgan fingerprint density at radius 3 is 2.41 bits per heavy atom. The molecular weight excluding hydrogens is 426 g/mol. The standard InChI is InChI=1S/C20H22BrN3O2S/c1-4-7-13-10-11-14(16-9-6-5-8-15(13)16)12-24-18(21)22-23-19(24)27-20(2,3)17(25)26/h5-6,8-11H,4,7,12H2,1-3H3,(H,25,26). The van der Waals surface area contributed by atoms with Crippen LogP contribution in [-0.2, 0) is 17.8 Å². The first-order chi connectivity index (χ1) is 12.8. The van der Waals surface area contributed by atoms with Gasteiger partial charge in [0.05, 0.1) is 6.54 Å². The van der Waals surface area contributed by atoms with E-state index in [9.17, 15) is 9.90 Å². The Hall–Kier alpha value is -1.86. The minimum absolute atomic E-state index is 0.568. The highest BCUT2D eigenvalue weighted by molar-refractivity contribution is 9.10. The Balaban J connectivity index is 2.01. The number of rotatable bonds is 7. The fourth-order valence-electron chi connectivity index (χ4n) is 2.97. The van der Waals surface area contributed by atoms with Gasteiger partial charge in [-0.2, -0.15) is 0 Å². The van der Waals surface area contributed by atoms with Gasteiger partial charge in [0.1, 0.15) is 4.75 Å². The van der Waals surface area contributed by atoms with E-state index in [2.05, 4.69) is 63.4 Å². The van der Waals surface area contributed by atoms with Gasteiger partial charge in [0.25, 0.3) is 0 Å². The lowest BCUT2D eigenvalue weighted by Crippen LogP contribution is -2.27. The molecule has 142 valence electrons. The summed E-state index contributed by atoms with van der Waals surface area (Å²) >= 11 is 4.65. The SMILES string of the molecule is CCCc1ccc(Cn2c(Br)nnc2SC(C)(C)C(=O)O)c2ccccc12. The predicted octanol–water partition coefficient (Wildman–Crippen LogP) is 5.15. The predicted molar refractivity (Wildman–Crippen MR) is 112 cm³/mol. The van der Waals surface area contributed by atoms with E-state index in [1.807, 2.05) is 10.6 Å². The highest BCUT2D eigenvalue weighted by atomic mass is 79.9. The van der Waals surface area contributed by atoms with Gasteiger partial charge in [-0.15, -0.1) is 10.2 Å². The molecule has 0 bridgehead atoms. The number of hydrogen-bond donors (Lipinski definition) is 1. The number of carboxylic acid groups (broad SMARTS) is 1. The maximum Gasteiger partial charge on any atom is 0.319 e. The molecule has 0 unspecified atom stereocenters. The molecule has 2 aromatic carbocycles. The van der Waals surface area contributed by atoms with Crippen molar-refractivity contribution in [3.8, 4) is 0 Å². The van der Waals surface area contributed by atoms with E-state index >= 15 is 0 Å². The molecule has 0 fully saturated rings. The molecule has 1 aromatic heterocycles. The average Bonchev–Trinajstić information content (AvgIpc) is 2.96. The van der Waals surface area contributed by atoms with E-state index < -0.39 is 10.7 Å². The van der Waals surface area contributed by atoms with Crippen LogP contribution in [0.15, 0.2) is 46.3 Å². The molecule has 3 aromatic rings. The van der Waals surface area contributed by atoms with E-state index in [4.69, 9.17) is 0 Å². The van der Waals surface area contributed by atoms with Crippen molar-refractivity contribution in [3.63, 3.8) is 0 Å². The summed E-state index contributed by atoms with van der Waals surface area (Å²) in [7, 11) is 0. The van der Waals surface area contributed by atoms with Crippen LogP contribution in [0.4, 0.5) is 0 Å². The summed E-state index contributed by atoms with van der Waals surface area (Å²) in [4.78, 5) is 11.5.